The summed E-state index contributed by atoms with van der Waals surface area (Å²) >= 11 is 4.67. The predicted octanol–water partition coefficient (Wildman–Crippen LogP) is 7.44. The summed E-state index contributed by atoms with van der Waals surface area (Å²) < 4.78 is 6.04. The first kappa shape index (κ1) is 17.2. The lowest BCUT2D eigenvalue weighted by molar-refractivity contribution is 0.668. The number of furan rings is 1. The third-order valence-corrected chi connectivity index (χ3v) is 5.66. The average molecular weight is 381 g/mol. The van der Waals surface area contributed by atoms with Crippen LogP contribution in [0.1, 0.15) is 16.7 Å². The monoisotopic (exact) mass is 380 g/mol. The molecule has 1 nitrogen and oxygen atoms in total. The molecule has 0 saturated heterocycles. The Morgan fingerprint density at radius 1 is 0.714 bits per heavy atom. The summed E-state index contributed by atoms with van der Waals surface area (Å²) in [5.74, 6) is 0. The van der Waals surface area contributed by atoms with E-state index in [1.807, 2.05) is 12.1 Å². The normalized spacial score (nSPS) is 11.4. The maximum absolute atomic E-state index is 6.04. The third-order valence-electron chi connectivity index (χ3n) is 5.27. The first-order valence-electron chi connectivity index (χ1n) is 9.46. The van der Waals surface area contributed by atoms with E-state index in [1.54, 1.807) is 0 Å². The molecule has 0 spiro atoms. The number of fused-ring (bicyclic) bond motifs is 3. The summed E-state index contributed by atoms with van der Waals surface area (Å²) in [7, 11) is 0. The Labute approximate surface area is 170 Å². The molecule has 5 rings (SSSR count). The quantitative estimate of drug-likeness (QED) is 0.321. The second-order valence-electron chi connectivity index (χ2n) is 7.32. The predicted molar refractivity (Wildman–Crippen MR) is 120 cm³/mol. The van der Waals surface area contributed by atoms with Crippen LogP contribution in [-0.2, 0) is 6.42 Å². The van der Waals surface area contributed by atoms with Gasteiger partial charge in [0.15, 0.2) is 0 Å². The molecule has 1 aromatic heterocycles. The second kappa shape index (κ2) is 6.88. The maximum atomic E-state index is 6.04. The first-order chi connectivity index (χ1) is 13.7. The second-order valence-corrected chi connectivity index (χ2v) is 7.80. The smallest absolute Gasteiger partial charge is 0.135 e. The standard InChI is InChI=1S/C26H20OS/c1-17-6-10-20(11-7-17)23-15-18(9-13-26(23)28)14-19-8-12-22-21-4-2-3-5-24(21)27-25(22)16-19/h2-13,15-16,28H,14H2,1H3. The van der Waals surface area contributed by atoms with Crippen molar-refractivity contribution in [3.8, 4) is 11.1 Å². The Bertz CT molecular complexity index is 1300. The van der Waals surface area contributed by atoms with Crippen molar-refractivity contribution in [2.75, 3.05) is 0 Å². The molecular weight excluding hydrogens is 360 g/mol. The highest BCUT2D eigenvalue weighted by atomic mass is 32.1. The fourth-order valence-electron chi connectivity index (χ4n) is 3.77. The van der Waals surface area contributed by atoms with E-state index in [-0.39, 0.29) is 0 Å². The lowest BCUT2D eigenvalue weighted by Crippen LogP contribution is -1.90. The highest BCUT2D eigenvalue weighted by molar-refractivity contribution is 7.80. The molecule has 0 fully saturated rings. The molecule has 136 valence electrons. The van der Waals surface area contributed by atoms with Crippen LogP contribution in [-0.4, -0.2) is 0 Å². The van der Waals surface area contributed by atoms with Gasteiger partial charge in [-0.25, -0.2) is 0 Å². The van der Waals surface area contributed by atoms with Gasteiger partial charge in [-0.05, 0) is 59.9 Å². The van der Waals surface area contributed by atoms with E-state index in [4.69, 9.17) is 4.42 Å². The van der Waals surface area contributed by atoms with Gasteiger partial charge in [0.2, 0.25) is 0 Å². The summed E-state index contributed by atoms with van der Waals surface area (Å²) in [4.78, 5) is 1.00. The number of para-hydroxylation sites is 1. The van der Waals surface area contributed by atoms with Crippen LogP contribution in [0.4, 0.5) is 0 Å². The van der Waals surface area contributed by atoms with Crippen molar-refractivity contribution in [3.05, 3.63) is 102 Å². The van der Waals surface area contributed by atoms with E-state index in [1.165, 1.54) is 38.6 Å². The van der Waals surface area contributed by atoms with E-state index in [2.05, 4.69) is 92.3 Å². The summed E-state index contributed by atoms with van der Waals surface area (Å²) in [5.41, 5.74) is 8.03. The van der Waals surface area contributed by atoms with Crippen LogP contribution >= 0.6 is 12.6 Å². The van der Waals surface area contributed by atoms with E-state index < -0.39 is 0 Å². The molecule has 1 heterocycles. The zero-order chi connectivity index (χ0) is 19.1. The Morgan fingerprint density at radius 2 is 1.43 bits per heavy atom. The molecule has 0 aliphatic carbocycles. The van der Waals surface area contributed by atoms with Gasteiger partial charge in [0.05, 0.1) is 0 Å². The molecule has 0 radical (unpaired) electrons. The fourth-order valence-corrected chi connectivity index (χ4v) is 4.04. The van der Waals surface area contributed by atoms with Crippen LogP contribution < -0.4 is 0 Å². The molecule has 0 unspecified atom stereocenters. The fraction of sp³-hybridized carbons (Fsp3) is 0.0769. The lowest BCUT2D eigenvalue weighted by atomic mass is 9.98. The van der Waals surface area contributed by atoms with Crippen LogP contribution in [0.3, 0.4) is 0 Å². The molecule has 0 aliphatic heterocycles. The molecule has 0 atom stereocenters. The SMILES string of the molecule is Cc1ccc(-c2cc(Cc3ccc4c(c3)oc3ccccc34)ccc2S)cc1. The van der Waals surface area contributed by atoms with Gasteiger partial charge >= 0.3 is 0 Å². The Hall–Kier alpha value is -2.97. The van der Waals surface area contributed by atoms with Crippen molar-refractivity contribution < 1.29 is 4.42 Å². The van der Waals surface area contributed by atoms with Crippen molar-refractivity contribution in [1.29, 1.82) is 0 Å². The zero-order valence-corrected chi connectivity index (χ0v) is 16.5. The lowest BCUT2D eigenvalue weighted by Gasteiger charge is -2.10. The van der Waals surface area contributed by atoms with Gasteiger partial charge < -0.3 is 4.42 Å². The Balaban J connectivity index is 1.51. The topological polar surface area (TPSA) is 13.1 Å². The summed E-state index contributed by atoms with van der Waals surface area (Å²) in [6, 6.07) is 29.8. The van der Waals surface area contributed by atoms with Gasteiger partial charge in [0.25, 0.3) is 0 Å². The number of benzene rings is 4. The van der Waals surface area contributed by atoms with Crippen molar-refractivity contribution in [2.24, 2.45) is 0 Å². The molecule has 0 bridgehead atoms. The van der Waals surface area contributed by atoms with Crippen molar-refractivity contribution in [1.82, 2.24) is 0 Å². The first-order valence-corrected chi connectivity index (χ1v) is 9.91. The Morgan fingerprint density at radius 3 is 2.29 bits per heavy atom. The van der Waals surface area contributed by atoms with Crippen molar-refractivity contribution >= 4 is 34.6 Å². The zero-order valence-electron chi connectivity index (χ0n) is 15.6. The number of hydrogen-bond donors (Lipinski definition) is 1. The van der Waals surface area contributed by atoms with Crippen LogP contribution in [0.5, 0.6) is 0 Å². The van der Waals surface area contributed by atoms with Gasteiger partial charge in [0.1, 0.15) is 11.2 Å². The Kier molecular flexibility index (Phi) is 4.22. The van der Waals surface area contributed by atoms with Gasteiger partial charge in [-0.15, -0.1) is 12.6 Å². The third kappa shape index (κ3) is 3.10. The number of aryl methyl sites for hydroxylation is 1. The molecule has 0 N–H and O–H groups in total. The highest BCUT2D eigenvalue weighted by Crippen LogP contribution is 2.31. The van der Waals surface area contributed by atoms with Crippen molar-refractivity contribution in [2.45, 2.75) is 18.2 Å². The summed E-state index contributed by atoms with van der Waals surface area (Å²) in [6.07, 6.45) is 0.861. The van der Waals surface area contributed by atoms with Crippen LogP contribution in [0.15, 0.2) is 94.2 Å². The largest absolute Gasteiger partial charge is 0.456 e. The summed E-state index contributed by atoms with van der Waals surface area (Å²) in [5, 5.41) is 2.34. The molecule has 0 saturated carbocycles. The molecule has 2 heteroatoms. The number of hydrogen-bond acceptors (Lipinski definition) is 2. The molecular formula is C26H20OS. The van der Waals surface area contributed by atoms with Crippen LogP contribution in [0.25, 0.3) is 33.1 Å². The van der Waals surface area contributed by atoms with Crippen LogP contribution in [0.2, 0.25) is 0 Å². The van der Waals surface area contributed by atoms with Gasteiger partial charge in [-0.1, -0.05) is 66.2 Å². The van der Waals surface area contributed by atoms with Crippen LogP contribution in [0, 0.1) is 6.92 Å². The molecule has 28 heavy (non-hydrogen) atoms. The average Bonchev–Trinajstić information content (AvgIpc) is 3.08. The molecule has 4 aromatic carbocycles. The maximum Gasteiger partial charge on any atom is 0.135 e. The van der Waals surface area contributed by atoms with Gasteiger partial charge in [-0.3, -0.25) is 0 Å². The minimum Gasteiger partial charge on any atom is -0.456 e. The van der Waals surface area contributed by atoms with Gasteiger partial charge in [-0.2, -0.15) is 0 Å². The minimum absolute atomic E-state index is 0.861. The van der Waals surface area contributed by atoms with E-state index in [0.29, 0.717) is 0 Å². The van der Waals surface area contributed by atoms with E-state index in [9.17, 15) is 0 Å². The summed E-state index contributed by atoms with van der Waals surface area (Å²) in [6.45, 7) is 2.11. The van der Waals surface area contributed by atoms with Crippen molar-refractivity contribution in [3.63, 3.8) is 0 Å². The highest BCUT2D eigenvalue weighted by Gasteiger charge is 2.09. The number of rotatable bonds is 3. The minimum atomic E-state index is 0.861. The molecule has 0 amide bonds. The van der Waals surface area contributed by atoms with E-state index in [0.717, 1.165) is 22.5 Å². The molecule has 0 aliphatic rings. The van der Waals surface area contributed by atoms with E-state index >= 15 is 0 Å². The molecule has 5 aromatic rings. The number of thiol groups is 1. The van der Waals surface area contributed by atoms with Gasteiger partial charge in [0, 0.05) is 15.7 Å².